The lowest BCUT2D eigenvalue weighted by molar-refractivity contribution is 0.449. The van der Waals surface area contributed by atoms with Crippen LogP contribution in [0.25, 0.3) is 44.4 Å². The zero-order valence-corrected chi connectivity index (χ0v) is 30.3. The van der Waals surface area contributed by atoms with Gasteiger partial charge in [-0.3, -0.25) is 4.57 Å². The van der Waals surface area contributed by atoms with E-state index in [0.29, 0.717) is 11.8 Å². The molecule has 254 valence electrons. The molecule has 2 atom stereocenters. The van der Waals surface area contributed by atoms with E-state index in [1.807, 2.05) is 18.3 Å². The lowest BCUT2D eigenvalue weighted by atomic mass is 9.88. The van der Waals surface area contributed by atoms with E-state index in [9.17, 15) is 0 Å². The number of hydrogen-bond acceptors (Lipinski definition) is 3. The number of ether oxygens (including phenoxy) is 1. The van der Waals surface area contributed by atoms with Crippen molar-refractivity contribution in [2.45, 2.75) is 79.6 Å². The van der Waals surface area contributed by atoms with Crippen molar-refractivity contribution in [1.29, 1.82) is 0 Å². The summed E-state index contributed by atoms with van der Waals surface area (Å²) in [4.78, 5) is 4.83. The molecule has 3 heterocycles. The van der Waals surface area contributed by atoms with E-state index in [1.54, 1.807) is 0 Å². The molecule has 7 aromatic rings. The largest absolute Gasteiger partial charge is 0.457 e. The minimum atomic E-state index is 0.492. The maximum absolute atomic E-state index is 6.63. The Labute approximate surface area is 296 Å². The summed E-state index contributed by atoms with van der Waals surface area (Å²) in [6.07, 6.45) is 7.33. The van der Waals surface area contributed by atoms with Crippen LogP contribution in [0, 0.1) is 12.8 Å². The fourth-order valence-electron chi connectivity index (χ4n) is 7.67. The molecule has 0 radical (unpaired) electrons. The molecule has 50 heavy (non-hydrogen) atoms. The van der Waals surface area contributed by atoms with Crippen molar-refractivity contribution >= 4 is 21.8 Å². The van der Waals surface area contributed by atoms with Gasteiger partial charge in [0.05, 0.1) is 28.1 Å². The Bertz CT molecular complexity index is 2260. The van der Waals surface area contributed by atoms with Gasteiger partial charge in [0, 0.05) is 34.7 Å². The number of aromatic nitrogens is 4. The molecule has 5 heteroatoms. The van der Waals surface area contributed by atoms with Crippen LogP contribution in [0.2, 0.25) is 0 Å². The molecule has 4 aromatic carbocycles. The Morgan fingerprint density at radius 3 is 2.32 bits per heavy atom. The Morgan fingerprint density at radius 1 is 0.740 bits per heavy atom. The number of fused-ring (bicyclic) bond motifs is 3. The highest BCUT2D eigenvalue weighted by Gasteiger charge is 2.20. The summed E-state index contributed by atoms with van der Waals surface area (Å²) in [6.45, 7) is 13.5. The Balaban J connectivity index is 1.28. The van der Waals surface area contributed by atoms with Crippen LogP contribution in [0.15, 0.2) is 109 Å². The van der Waals surface area contributed by atoms with Gasteiger partial charge in [-0.05, 0) is 103 Å². The summed E-state index contributed by atoms with van der Waals surface area (Å²) in [5, 5.41) is 7.55. The fourth-order valence-corrected chi connectivity index (χ4v) is 7.67. The van der Waals surface area contributed by atoms with Crippen molar-refractivity contribution in [3.63, 3.8) is 0 Å². The van der Waals surface area contributed by atoms with Crippen molar-refractivity contribution in [2.24, 2.45) is 5.92 Å². The fraction of sp³-hybridized carbons (Fsp3) is 0.289. The standard InChI is InChI=1S/C45H48N4O/c1-7-14-30(4)25-32(6)34-19-22-42-39(27-34)38-21-20-37(29-43(38)48(42)44-26-31(5)23-24-46-44)50-36-18-13-17-35(28-36)49-41(9-3)45(40(8-2)47-49)33-15-11-10-12-16-33/h10-13,15-24,26-30,32H,7-9,14,25H2,1-6H3. The molecular weight excluding hydrogens is 613 g/mol. The highest BCUT2D eigenvalue weighted by molar-refractivity contribution is 6.09. The van der Waals surface area contributed by atoms with Crippen LogP contribution < -0.4 is 4.74 Å². The summed E-state index contributed by atoms with van der Waals surface area (Å²) in [6, 6.07) is 36.5. The van der Waals surface area contributed by atoms with Gasteiger partial charge in [0.15, 0.2) is 0 Å². The number of hydrogen-bond donors (Lipinski definition) is 0. The number of pyridine rings is 1. The van der Waals surface area contributed by atoms with Gasteiger partial charge in [-0.1, -0.05) is 89.9 Å². The summed E-state index contributed by atoms with van der Waals surface area (Å²) >= 11 is 0. The SMILES string of the molecule is CCCC(C)CC(C)c1ccc2c(c1)c1ccc(Oc3cccc(-n4nc(CC)c(-c5ccccc5)c4CC)c3)cc1n2-c1cc(C)ccn1. The molecule has 0 aliphatic carbocycles. The van der Waals surface area contributed by atoms with E-state index in [0.717, 1.165) is 52.6 Å². The lowest BCUT2D eigenvalue weighted by Gasteiger charge is -2.17. The number of rotatable bonds is 12. The van der Waals surface area contributed by atoms with Crippen LogP contribution in [0.3, 0.4) is 0 Å². The van der Waals surface area contributed by atoms with Gasteiger partial charge in [0.1, 0.15) is 17.3 Å². The lowest BCUT2D eigenvalue weighted by Crippen LogP contribution is -2.02. The van der Waals surface area contributed by atoms with Crippen LogP contribution in [0.4, 0.5) is 0 Å². The second-order valence-electron chi connectivity index (χ2n) is 13.9. The second kappa shape index (κ2) is 14.4. The minimum absolute atomic E-state index is 0.492. The van der Waals surface area contributed by atoms with Crippen molar-refractivity contribution in [2.75, 3.05) is 0 Å². The Hall–Kier alpha value is -5.16. The maximum Gasteiger partial charge on any atom is 0.137 e. The Morgan fingerprint density at radius 2 is 1.56 bits per heavy atom. The minimum Gasteiger partial charge on any atom is -0.457 e. The van der Waals surface area contributed by atoms with Crippen molar-refractivity contribution in [3.8, 4) is 34.1 Å². The monoisotopic (exact) mass is 660 g/mol. The normalized spacial score (nSPS) is 12.8. The summed E-state index contributed by atoms with van der Waals surface area (Å²) in [5.41, 5.74) is 10.5. The van der Waals surface area contributed by atoms with Crippen molar-refractivity contribution < 1.29 is 4.74 Å². The van der Waals surface area contributed by atoms with Gasteiger partial charge >= 0.3 is 0 Å². The summed E-state index contributed by atoms with van der Waals surface area (Å²) < 4.78 is 11.0. The number of nitrogens with zero attached hydrogens (tertiary/aromatic N) is 4. The van der Waals surface area contributed by atoms with Crippen molar-refractivity contribution in [3.05, 3.63) is 132 Å². The highest BCUT2D eigenvalue weighted by atomic mass is 16.5. The third-order valence-electron chi connectivity index (χ3n) is 10.1. The van der Waals surface area contributed by atoms with E-state index >= 15 is 0 Å². The van der Waals surface area contributed by atoms with Crippen LogP contribution in [-0.2, 0) is 12.8 Å². The summed E-state index contributed by atoms with van der Waals surface area (Å²) in [5.74, 6) is 3.67. The maximum atomic E-state index is 6.63. The quantitative estimate of drug-likeness (QED) is 0.131. The van der Waals surface area contributed by atoms with E-state index in [4.69, 9.17) is 14.8 Å². The first-order valence-electron chi connectivity index (χ1n) is 18.3. The molecule has 7 rings (SSSR count). The molecule has 0 saturated carbocycles. The molecule has 3 aromatic heterocycles. The van der Waals surface area contributed by atoms with Crippen LogP contribution in [-0.4, -0.2) is 19.3 Å². The summed E-state index contributed by atoms with van der Waals surface area (Å²) in [7, 11) is 0. The van der Waals surface area contributed by atoms with Crippen LogP contribution in [0.5, 0.6) is 11.5 Å². The molecule has 0 bridgehead atoms. The number of aryl methyl sites for hydroxylation is 2. The van der Waals surface area contributed by atoms with Gasteiger partial charge in [0.25, 0.3) is 0 Å². The first kappa shape index (κ1) is 33.3. The predicted octanol–water partition coefficient (Wildman–Crippen LogP) is 12.2. The molecule has 0 saturated heterocycles. The first-order chi connectivity index (χ1) is 24.4. The molecule has 5 nitrogen and oxygen atoms in total. The van der Waals surface area contributed by atoms with E-state index in [1.165, 1.54) is 58.0 Å². The molecule has 0 amide bonds. The van der Waals surface area contributed by atoms with E-state index in [-0.39, 0.29) is 0 Å². The third kappa shape index (κ3) is 6.45. The van der Waals surface area contributed by atoms with Crippen LogP contribution in [0.1, 0.15) is 82.3 Å². The van der Waals surface area contributed by atoms with Gasteiger partial charge in [-0.2, -0.15) is 5.10 Å². The molecule has 0 aliphatic heterocycles. The van der Waals surface area contributed by atoms with Crippen LogP contribution >= 0.6 is 0 Å². The predicted molar refractivity (Wildman–Crippen MR) is 208 cm³/mol. The topological polar surface area (TPSA) is 44.9 Å². The molecular formula is C45H48N4O. The van der Waals surface area contributed by atoms with Gasteiger partial charge in [-0.25, -0.2) is 9.67 Å². The number of benzene rings is 4. The molecule has 0 fully saturated rings. The van der Waals surface area contributed by atoms with Crippen molar-refractivity contribution in [1.82, 2.24) is 19.3 Å². The van der Waals surface area contributed by atoms with E-state index in [2.05, 4.69) is 142 Å². The van der Waals surface area contributed by atoms with Gasteiger partial charge < -0.3 is 4.74 Å². The van der Waals surface area contributed by atoms with E-state index < -0.39 is 0 Å². The highest BCUT2D eigenvalue weighted by Crippen LogP contribution is 2.38. The Kier molecular flexibility index (Phi) is 9.58. The first-order valence-corrected chi connectivity index (χ1v) is 18.3. The zero-order chi connectivity index (χ0) is 34.8. The average molecular weight is 661 g/mol. The third-order valence-corrected chi connectivity index (χ3v) is 10.1. The smallest absolute Gasteiger partial charge is 0.137 e. The zero-order valence-electron chi connectivity index (χ0n) is 30.3. The van der Waals surface area contributed by atoms with Gasteiger partial charge in [0.2, 0.25) is 0 Å². The average Bonchev–Trinajstić information content (AvgIpc) is 3.67. The molecule has 0 aliphatic rings. The molecule has 0 N–H and O–H groups in total. The second-order valence-corrected chi connectivity index (χ2v) is 13.9. The molecule has 0 spiro atoms. The van der Waals surface area contributed by atoms with Gasteiger partial charge in [-0.15, -0.1) is 0 Å². The molecule has 2 unspecified atom stereocenters.